The number of nitrogens with zero attached hydrogens (tertiary/aromatic N) is 1. The highest BCUT2D eigenvalue weighted by atomic mass is 32.1. The van der Waals surface area contributed by atoms with Crippen LogP contribution in [-0.2, 0) is 4.79 Å². The highest BCUT2D eigenvalue weighted by molar-refractivity contribution is 7.12. The number of carbonyl (C=O) groups excluding carboxylic acids is 2. The van der Waals surface area contributed by atoms with Crippen molar-refractivity contribution in [2.24, 2.45) is 0 Å². The van der Waals surface area contributed by atoms with Crippen LogP contribution in [0, 0.1) is 30.9 Å². The van der Waals surface area contributed by atoms with Gasteiger partial charge in [-0.3, -0.25) is 19.7 Å². The number of benzene rings is 1. The standard InChI is InChI=1S/C17H18N2O4S/c1-10-4-5-13(9-15(10)19(22)23)18-17(21)7-6-16(20)14-8-11(2)24-12(14)3/h4-5,8-9H,6-7H2,1-3H3,(H,18,21). The lowest BCUT2D eigenvalue weighted by atomic mass is 10.1. The molecule has 1 amide bonds. The lowest BCUT2D eigenvalue weighted by Gasteiger charge is -2.06. The first-order chi connectivity index (χ1) is 11.3. The van der Waals surface area contributed by atoms with Crippen molar-refractivity contribution in [3.05, 3.63) is 55.3 Å². The van der Waals surface area contributed by atoms with Gasteiger partial charge in [0.2, 0.25) is 5.91 Å². The smallest absolute Gasteiger partial charge is 0.274 e. The highest BCUT2D eigenvalue weighted by Gasteiger charge is 2.15. The van der Waals surface area contributed by atoms with Gasteiger partial charge in [0.15, 0.2) is 5.78 Å². The molecule has 1 aromatic carbocycles. The maximum Gasteiger partial charge on any atom is 0.274 e. The van der Waals surface area contributed by atoms with Gasteiger partial charge < -0.3 is 5.32 Å². The first-order valence-corrected chi connectivity index (χ1v) is 8.24. The fraction of sp³-hybridized carbons (Fsp3) is 0.294. The summed E-state index contributed by atoms with van der Waals surface area (Å²) in [4.78, 5) is 36.6. The molecule has 24 heavy (non-hydrogen) atoms. The number of Topliss-reactive ketones (excluding diaryl/α,β-unsaturated/α-hetero) is 1. The SMILES string of the molecule is Cc1cc(C(=O)CCC(=O)Nc2ccc(C)c([N+](=O)[O-])c2)c(C)s1. The molecular weight excluding hydrogens is 328 g/mol. The van der Waals surface area contributed by atoms with Crippen LogP contribution in [-0.4, -0.2) is 16.6 Å². The molecule has 7 heteroatoms. The molecule has 0 saturated carbocycles. The number of thiophene rings is 1. The molecular formula is C17H18N2O4S. The minimum absolute atomic E-state index is 0.0365. The minimum Gasteiger partial charge on any atom is -0.326 e. The molecule has 0 fully saturated rings. The number of hydrogen-bond acceptors (Lipinski definition) is 5. The summed E-state index contributed by atoms with van der Waals surface area (Å²) in [6, 6.07) is 6.34. The van der Waals surface area contributed by atoms with Gasteiger partial charge >= 0.3 is 0 Å². The number of carbonyl (C=O) groups is 2. The summed E-state index contributed by atoms with van der Waals surface area (Å²) in [5.41, 5.74) is 1.49. The van der Waals surface area contributed by atoms with E-state index < -0.39 is 4.92 Å². The number of amides is 1. The Kier molecular flexibility index (Phi) is 5.46. The molecule has 0 bridgehead atoms. The van der Waals surface area contributed by atoms with Gasteiger partial charge in [-0.1, -0.05) is 6.07 Å². The second-order valence-corrected chi connectivity index (χ2v) is 7.02. The van der Waals surface area contributed by atoms with Crippen molar-refractivity contribution in [2.75, 3.05) is 5.32 Å². The number of anilines is 1. The molecule has 126 valence electrons. The van der Waals surface area contributed by atoms with Crippen molar-refractivity contribution in [3.63, 3.8) is 0 Å². The zero-order valence-corrected chi connectivity index (χ0v) is 14.5. The third-order valence-corrected chi connectivity index (χ3v) is 4.58. The predicted octanol–water partition coefficient (Wildman–Crippen LogP) is 4.18. The summed E-state index contributed by atoms with van der Waals surface area (Å²) in [5, 5.41) is 13.5. The van der Waals surface area contributed by atoms with Crippen molar-refractivity contribution in [3.8, 4) is 0 Å². The number of nitro benzene ring substituents is 1. The average Bonchev–Trinajstić information content (AvgIpc) is 2.85. The fourth-order valence-corrected chi connectivity index (χ4v) is 3.32. The molecule has 0 aliphatic carbocycles. The molecule has 0 atom stereocenters. The highest BCUT2D eigenvalue weighted by Crippen LogP contribution is 2.24. The van der Waals surface area contributed by atoms with Gasteiger partial charge in [-0.05, 0) is 32.9 Å². The van der Waals surface area contributed by atoms with Gasteiger partial charge in [-0.2, -0.15) is 0 Å². The summed E-state index contributed by atoms with van der Waals surface area (Å²) >= 11 is 1.55. The second kappa shape index (κ2) is 7.35. The number of rotatable bonds is 6. The van der Waals surface area contributed by atoms with Gasteiger partial charge in [-0.25, -0.2) is 0 Å². The van der Waals surface area contributed by atoms with Crippen LogP contribution in [0.5, 0.6) is 0 Å². The van der Waals surface area contributed by atoms with Crippen LogP contribution >= 0.6 is 11.3 Å². The summed E-state index contributed by atoms with van der Waals surface area (Å²) in [7, 11) is 0. The van der Waals surface area contributed by atoms with Crippen LogP contribution in [0.25, 0.3) is 0 Å². The molecule has 0 saturated heterocycles. The molecule has 0 spiro atoms. The Morgan fingerprint density at radius 2 is 1.88 bits per heavy atom. The predicted molar refractivity (Wildman–Crippen MR) is 93.8 cm³/mol. The number of nitrogens with one attached hydrogen (secondary N) is 1. The summed E-state index contributed by atoms with van der Waals surface area (Å²) < 4.78 is 0. The Hall–Kier alpha value is -2.54. The van der Waals surface area contributed by atoms with E-state index in [1.807, 2.05) is 19.9 Å². The Morgan fingerprint density at radius 3 is 2.46 bits per heavy atom. The quantitative estimate of drug-likeness (QED) is 0.482. The summed E-state index contributed by atoms with van der Waals surface area (Å²) in [5.74, 6) is -0.409. The third-order valence-electron chi connectivity index (χ3n) is 3.61. The monoisotopic (exact) mass is 346 g/mol. The first kappa shape index (κ1) is 17.8. The molecule has 0 aliphatic heterocycles. The molecule has 0 radical (unpaired) electrons. The Labute approximate surface area is 143 Å². The summed E-state index contributed by atoms with van der Waals surface area (Å²) in [6.07, 6.45) is 0.144. The Balaban J connectivity index is 1.96. The minimum atomic E-state index is -0.490. The van der Waals surface area contributed by atoms with Crippen molar-refractivity contribution in [1.29, 1.82) is 0 Å². The van der Waals surface area contributed by atoms with Crippen LogP contribution in [0.3, 0.4) is 0 Å². The molecule has 1 aromatic heterocycles. The van der Waals surface area contributed by atoms with Crippen LogP contribution in [0.15, 0.2) is 24.3 Å². The average molecular weight is 346 g/mol. The van der Waals surface area contributed by atoms with E-state index in [0.29, 0.717) is 16.8 Å². The lowest BCUT2D eigenvalue weighted by Crippen LogP contribution is -2.13. The Bertz CT molecular complexity index is 811. The van der Waals surface area contributed by atoms with Gasteiger partial charge in [0.25, 0.3) is 5.69 Å². The van der Waals surface area contributed by atoms with E-state index in [2.05, 4.69) is 5.32 Å². The van der Waals surface area contributed by atoms with Crippen LogP contribution in [0.4, 0.5) is 11.4 Å². The van der Waals surface area contributed by atoms with Gasteiger partial charge in [0.1, 0.15) is 0 Å². The van der Waals surface area contributed by atoms with Gasteiger partial charge in [-0.15, -0.1) is 11.3 Å². The van der Waals surface area contributed by atoms with Crippen LogP contribution in [0.2, 0.25) is 0 Å². The second-order valence-electron chi connectivity index (χ2n) is 5.56. The normalized spacial score (nSPS) is 10.5. The van der Waals surface area contributed by atoms with Crippen molar-refractivity contribution in [1.82, 2.24) is 0 Å². The maximum atomic E-state index is 12.2. The van der Waals surface area contributed by atoms with E-state index >= 15 is 0 Å². The molecule has 0 aliphatic rings. The lowest BCUT2D eigenvalue weighted by molar-refractivity contribution is -0.385. The zero-order chi connectivity index (χ0) is 17.9. The topological polar surface area (TPSA) is 89.3 Å². The number of hydrogen-bond donors (Lipinski definition) is 1. The van der Waals surface area contributed by atoms with Crippen molar-refractivity contribution >= 4 is 34.4 Å². The molecule has 2 aromatic rings. The van der Waals surface area contributed by atoms with E-state index in [9.17, 15) is 19.7 Å². The largest absolute Gasteiger partial charge is 0.326 e. The van der Waals surface area contributed by atoms with Crippen molar-refractivity contribution < 1.29 is 14.5 Å². The van der Waals surface area contributed by atoms with Crippen LogP contribution in [0.1, 0.15) is 38.5 Å². The number of aryl methyl sites for hydroxylation is 3. The Morgan fingerprint density at radius 1 is 1.17 bits per heavy atom. The number of nitro groups is 1. The van der Waals surface area contributed by atoms with E-state index in [1.54, 1.807) is 30.4 Å². The zero-order valence-electron chi connectivity index (χ0n) is 13.7. The molecule has 0 unspecified atom stereocenters. The van der Waals surface area contributed by atoms with Crippen molar-refractivity contribution in [2.45, 2.75) is 33.6 Å². The third kappa shape index (κ3) is 4.26. The summed E-state index contributed by atoms with van der Waals surface area (Å²) in [6.45, 7) is 5.45. The maximum absolute atomic E-state index is 12.2. The number of ketones is 1. The van der Waals surface area contributed by atoms with E-state index in [0.717, 1.165) is 9.75 Å². The van der Waals surface area contributed by atoms with Crippen LogP contribution < -0.4 is 5.32 Å². The molecule has 1 N–H and O–H groups in total. The molecule has 1 heterocycles. The van der Waals surface area contributed by atoms with E-state index in [1.165, 1.54) is 6.07 Å². The van der Waals surface area contributed by atoms with Gasteiger partial charge in [0.05, 0.1) is 4.92 Å². The first-order valence-electron chi connectivity index (χ1n) is 7.43. The fourth-order valence-electron chi connectivity index (χ4n) is 2.38. The van der Waals surface area contributed by atoms with Gasteiger partial charge in [0, 0.05) is 45.5 Å². The molecule has 6 nitrogen and oxygen atoms in total. The van der Waals surface area contributed by atoms with E-state index in [4.69, 9.17) is 0 Å². The van der Waals surface area contributed by atoms with E-state index in [-0.39, 0.29) is 30.2 Å². The molecule has 2 rings (SSSR count).